The highest BCUT2D eigenvalue weighted by Gasteiger charge is 2.12. The molecule has 0 bridgehead atoms. The zero-order chi connectivity index (χ0) is 14.5. The second-order valence-corrected chi connectivity index (χ2v) is 3.96. The number of aromatic nitrogens is 4. The third-order valence-corrected chi connectivity index (χ3v) is 2.43. The molecule has 0 spiro atoms. The zero-order valence-electron chi connectivity index (χ0n) is 10.5. The number of anilines is 1. The molecule has 4 N–H and O–H groups in total. The lowest BCUT2D eigenvalue weighted by molar-refractivity contribution is 0.0696. The molecule has 0 radical (unpaired) electrons. The fourth-order valence-electron chi connectivity index (χ4n) is 1.48. The normalized spacial score (nSPS) is 11.7. The Bertz CT molecular complexity index is 612. The van der Waals surface area contributed by atoms with Crippen LogP contribution >= 0.6 is 0 Å². The number of pyridine rings is 1. The summed E-state index contributed by atoms with van der Waals surface area (Å²) in [6.07, 6.45) is 3.89. The van der Waals surface area contributed by atoms with Gasteiger partial charge in [0, 0.05) is 6.20 Å². The number of urea groups is 1. The number of rotatable bonds is 4. The Morgan fingerprint density at radius 2 is 2.20 bits per heavy atom. The third-order valence-electron chi connectivity index (χ3n) is 2.43. The SMILES string of the molecule is CC(NC(=O)Nc1cncc(C(=O)O)c1)c1ncn[nH]1. The van der Waals surface area contributed by atoms with Gasteiger partial charge >= 0.3 is 12.0 Å². The fraction of sp³-hybridized carbons (Fsp3) is 0.182. The largest absolute Gasteiger partial charge is 0.478 e. The summed E-state index contributed by atoms with van der Waals surface area (Å²) in [7, 11) is 0. The van der Waals surface area contributed by atoms with Gasteiger partial charge in [-0.15, -0.1) is 0 Å². The lowest BCUT2D eigenvalue weighted by Gasteiger charge is -2.12. The van der Waals surface area contributed by atoms with Gasteiger partial charge in [-0.05, 0) is 13.0 Å². The zero-order valence-corrected chi connectivity index (χ0v) is 10.5. The number of amides is 2. The van der Waals surface area contributed by atoms with Crippen LogP contribution in [-0.4, -0.2) is 37.3 Å². The minimum absolute atomic E-state index is 0.00826. The van der Waals surface area contributed by atoms with Crippen molar-refractivity contribution in [3.8, 4) is 0 Å². The van der Waals surface area contributed by atoms with E-state index >= 15 is 0 Å². The van der Waals surface area contributed by atoms with Gasteiger partial charge in [-0.25, -0.2) is 14.6 Å². The summed E-state index contributed by atoms with van der Waals surface area (Å²) in [6.45, 7) is 1.73. The molecule has 0 fully saturated rings. The van der Waals surface area contributed by atoms with Crippen LogP contribution in [0.4, 0.5) is 10.5 Å². The monoisotopic (exact) mass is 276 g/mol. The maximum absolute atomic E-state index is 11.7. The third kappa shape index (κ3) is 3.28. The van der Waals surface area contributed by atoms with E-state index in [1.165, 1.54) is 24.8 Å². The quantitative estimate of drug-likeness (QED) is 0.652. The molecule has 1 unspecified atom stereocenters. The number of carboxylic acid groups (broad SMARTS) is 1. The Kier molecular flexibility index (Phi) is 3.89. The van der Waals surface area contributed by atoms with Crippen molar-refractivity contribution in [3.63, 3.8) is 0 Å². The maximum Gasteiger partial charge on any atom is 0.337 e. The van der Waals surface area contributed by atoms with Crippen LogP contribution in [0.15, 0.2) is 24.8 Å². The van der Waals surface area contributed by atoms with Crippen LogP contribution in [0.3, 0.4) is 0 Å². The van der Waals surface area contributed by atoms with Crippen molar-refractivity contribution in [2.75, 3.05) is 5.32 Å². The summed E-state index contributed by atoms with van der Waals surface area (Å²) in [5, 5.41) is 20.3. The standard InChI is InChI=1S/C11H12N6O3/c1-6(9-13-5-14-17-9)15-11(20)16-8-2-7(10(18)19)3-12-4-8/h2-6H,1H3,(H,18,19)(H,13,14,17)(H2,15,16,20). The summed E-state index contributed by atoms with van der Waals surface area (Å²) < 4.78 is 0. The van der Waals surface area contributed by atoms with Gasteiger partial charge in [0.05, 0.1) is 23.5 Å². The highest BCUT2D eigenvalue weighted by atomic mass is 16.4. The van der Waals surface area contributed by atoms with Crippen molar-refractivity contribution in [1.82, 2.24) is 25.5 Å². The van der Waals surface area contributed by atoms with E-state index in [9.17, 15) is 9.59 Å². The first kappa shape index (κ1) is 13.5. The molecule has 0 aliphatic heterocycles. The highest BCUT2D eigenvalue weighted by Crippen LogP contribution is 2.09. The van der Waals surface area contributed by atoms with Crippen molar-refractivity contribution in [1.29, 1.82) is 0 Å². The molecule has 9 heteroatoms. The lowest BCUT2D eigenvalue weighted by Crippen LogP contribution is -2.31. The van der Waals surface area contributed by atoms with Crippen molar-refractivity contribution in [3.05, 3.63) is 36.2 Å². The van der Waals surface area contributed by atoms with E-state index < -0.39 is 12.0 Å². The number of hydrogen-bond donors (Lipinski definition) is 4. The van der Waals surface area contributed by atoms with Gasteiger partial charge in [0.25, 0.3) is 0 Å². The number of aromatic carboxylic acids is 1. The Morgan fingerprint density at radius 1 is 1.40 bits per heavy atom. The minimum atomic E-state index is -1.11. The van der Waals surface area contributed by atoms with Gasteiger partial charge in [-0.3, -0.25) is 10.1 Å². The first-order valence-corrected chi connectivity index (χ1v) is 5.67. The maximum atomic E-state index is 11.7. The molecule has 0 saturated carbocycles. The lowest BCUT2D eigenvalue weighted by atomic mass is 10.2. The highest BCUT2D eigenvalue weighted by molar-refractivity contribution is 5.92. The second kappa shape index (κ2) is 5.78. The number of nitrogens with zero attached hydrogens (tertiary/aromatic N) is 3. The smallest absolute Gasteiger partial charge is 0.337 e. The van der Waals surface area contributed by atoms with Crippen LogP contribution < -0.4 is 10.6 Å². The summed E-state index contributed by atoms with van der Waals surface area (Å²) in [4.78, 5) is 30.2. The molecule has 2 rings (SSSR count). The molecule has 1 atom stereocenters. The van der Waals surface area contributed by atoms with Gasteiger partial charge in [0.1, 0.15) is 12.2 Å². The van der Waals surface area contributed by atoms with E-state index in [0.29, 0.717) is 5.82 Å². The number of nitrogens with one attached hydrogen (secondary N) is 3. The van der Waals surface area contributed by atoms with Gasteiger partial charge < -0.3 is 15.7 Å². The summed E-state index contributed by atoms with van der Waals surface area (Å²) in [6, 6.07) is 0.444. The predicted molar refractivity (Wildman–Crippen MR) is 68.1 cm³/mol. The van der Waals surface area contributed by atoms with Crippen LogP contribution in [0.5, 0.6) is 0 Å². The summed E-state index contributed by atoms with van der Waals surface area (Å²) in [5.41, 5.74) is 0.276. The van der Waals surface area contributed by atoms with E-state index in [4.69, 9.17) is 5.11 Å². The molecule has 2 amide bonds. The van der Waals surface area contributed by atoms with E-state index in [-0.39, 0.29) is 17.3 Å². The van der Waals surface area contributed by atoms with Gasteiger partial charge in [0.2, 0.25) is 0 Å². The summed E-state index contributed by atoms with van der Waals surface area (Å²) in [5.74, 6) is -0.603. The van der Waals surface area contributed by atoms with Crippen LogP contribution in [-0.2, 0) is 0 Å². The van der Waals surface area contributed by atoms with Crippen LogP contribution in [0.1, 0.15) is 29.1 Å². The number of carbonyl (C=O) groups is 2. The molecule has 0 aliphatic rings. The van der Waals surface area contributed by atoms with E-state index in [0.717, 1.165) is 0 Å². The van der Waals surface area contributed by atoms with Crippen molar-refractivity contribution < 1.29 is 14.7 Å². The topological polar surface area (TPSA) is 133 Å². The predicted octanol–water partition coefficient (Wildman–Crippen LogP) is 0.781. The molecule has 2 heterocycles. The van der Waals surface area contributed by atoms with Crippen LogP contribution in [0.2, 0.25) is 0 Å². The molecule has 0 aliphatic carbocycles. The molecular formula is C11H12N6O3. The number of hydrogen-bond acceptors (Lipinski definition) is 5. The van der Waals surface area contributed by atoms with Gasteiger partial charge in [-0.2, -0.15) is 5.10 Å². The number of H-pyrrole nitrogens is 1. The van der Waals surface area contributed by atoms with Gasteiger partial charge in [-0.1, -0.05) is 0 Å². The van der Waals surface area contributed by atoms with E-state index in [1.807, 2.05) is 0 Å². The number of carbonyl (C=O) groups excluding carboxylic acids is 1. The molecule has 0 saturated heterocycles. The average Bonchev–Trinajstić information content (AvgIpc) is 2.92. The first-order valence-electron chi connectivity index (χ1n) is 5.67. The number of carboxylic acids is 1. The molecule has 20 heavy (non-hydrogen) atoms. The Labute approximate surface area is 113 Å². The Balaban J connectivity index is 1.98. The van der Waals surface area contributed by atoms with E-state index in [1.54, 1.807) is 6.92 Å². The van der Waals surface area contributed by atoms with Crippen LogP contribution in [0, 0.1) is 0 Å². The first-order chi connectivity index (χ1) is 9.56. The second-order valence-electron chi connectivity index (χ2n) is 3.96. The Morgan fingerprint density at radius 3 is 2.85 bits per heavy atom. The minimum Gasteiger partial charge on any atom is -0.478 e. The average molecular weight is 276 g/mol. The number of aromatic amines is 1. The van der Waals surface area contributed by atoms with Crippen molar-refractivity contribution in [2.24, 2.45) is 0 Å². The Hall–Kier alpha value is -2.97. The van der Waals surface area contributed by atoms with Crippen molar-refractivity contribution in [2.45, 2.75) is 13.0 Å². The van der Waals surface area contributed by atoms with E-state index in [2.05, 4.69) is 30.8 Å². The van der Waals surface area contributed by atoms with Crippen LogP contribution in [0.25, 0.3) is 0 Å². The summed E-state index contributed by atoms with van der Waals surface area (Å²) >= 11 is 0. The van der Waals surface area contributed by atoms with Crippen molar-refractivity contribution >= 4 is 17.7 Å². The molecular weight excluding hydrogens is 264 g/mol. The fourth-order valence-corrected chi connectivity index (χ4v) is 1.48. The molecule has 2 aromatic heterocycles. The molecule has 9 nitrogen and oxygen atoms in total. The van der Waals surface area contributed by atoms with Gasteiger partial charge in [0.15, 0.2) is 0 Å². The molecule has 2 aromatic rings. The molecule has 0 aromatic carbocycles. The molecule has 104 valence electrons.